The van der Waals surface area contributed by atoms with E-state index in [0.29, 0.717) is 22.0 Å². The van der Waals surface area contributed by atoms with Gasteiger partial charge in [-0.05, 0) is 42.0 Å². The highest BCUT2D eigenvalue weighted by atomic mass is 35.5. The molecular formula is C18H17ClN2O4. The first-order valence-corrected chi connectivity index (χ1v) is 7.70. The van der Waals surface area contributed by atoms with Gasteiger partial charge in [-0.2, -0.15) is 0 Å². The van der Waals surface area contributed by atoms with Crippen molar-refractivity contribution in [2.24, 2.45) is 0 Å². The minimum absolute atomic E-state index is 0.0143. The van der Waals surface area contributed by atoms with E-state index in [2.05, 4.69) is 10.6 Å². The van der Waals surface area contributed by atoms with Crippen LogP contribution in [0.3, 0.4) is 0 Å². The van der Waals surface area contributed by atoms with Crippen LogP contribution in [-0.2, 0) is 4.79 Å². The molecule has 0 fully saturated rings. The maximum absolute atomic E-state index is 12.1. The standard InChI is InChI=1S/C18H17ClN2O4/c1-20-18(24)13-10-12(19)5-6-14(13)21-17(23)8-4-11-3-7-15(22)16(9-11)25-2/h3-10,22H,1-2H3,(H,20,24)(H,21,23)/b8-4+. The Morgan fingerprint density at radius 1 is 1.20 bits per heavy atom. The maximum atomic E-state index is 12.1. The van der Waals surface area contributed by atoms with E-state index in [1.807, 2.05) is 0 Å². The van der Waals surface area contributed by atoms with Crippen molar-refractivity contribution in [2.75, 3.05) is 19.5 Å². The summed E-state index contributed by atoms with van der Waals surface area (Å²) in [7, 11) is 2.93. The fourth-order valence-corrected chi connectivity index (χ4v) is 2.26. The van der Waals surface area contributed by atoms with Crippen molar-refractivity contribution in [3.8, 4) is 11.5 Å². The number of aromatic hydroxyl groups is 1. The van der Waals surface area contributed by atoms with E-state index >= 15 is 0 Å². The predicted molar refractivity (Wildman–Crippen MR) is 97.2 cm³/mol. The molecule has 130 valence electrons. The van der Waals surface area contributed by atoms with E-state index in [1.165, 1.54) is 32.4 Å². The summed E-state index contributed by atoms with van der Waals surface area (Å²) in [5.74, 6) is -0.452. The Labute approximate surface area is 150 Å². The van der Waals surface area contributed by atoms with E-state index in [-0.39, 0.29) is 17.2 Å². The minimum Gasteiger partial charge on any atom is -0.504 e. The highest BCUT2D eigenvalue weighted by Gasteiger charge is 2.12. The number of carbonyl (C=O) groups excluding carboxylic acids is 2. The van der Waals surface area contributed by atoms with Crippen molar-refractivity contribution in [3.63, 3.8) is 0 Å². The van der Waals surface area contributed by atoms with Crippen LogP contribution in [0.25, 0.3) is 6.08 Å². The summed E-state index contributed by atoms with van der Waals surface area (Å²) in [5, 5.41) is 15.1. The van der Waals surface area contributed by atoms with Crippen LogP contribution in [-0.4, -0.2) is 31.1 Å². The molecular weight excluding hydrogens is 344 g/mol. The fourth-order valence-electron chi connectivity index (χ4n) is 2.09. The number of halogens is 1. The Morgan fingerprint density at radius 2 is 1.96 bits per heavy atom. The van der Waals surface area contributed by atoms with Crippen LogP contribution in [0.2, 0.25) is 5.02 Å². The molecule has 6 nitrogen and oxygen atoms in total. The Bertz CT molecular complexity index is 834. The summed E-state index contributed by atoms with van der Waals surface area (Å²) >= 11 is 5.90. The highest BCUT2D eigenvalue weighted by Crippen LogP contribution is 2.26. The van der Waals surface area contributed by atoms with Crippen molar-refractivity contribution in [1.29, 1.82) is 0 Å². The number of benzene rings is 2. The van der Waals surface area contributed by atoms with Gasteiger partial charge in [0.1, 0.15) is 0 Å². The molecule has 0 spiro atoms. The second-order valence-corrected chi connectivity index (χ2v) is 5.46. The normalized spacial score (nSPS) is 10.5. The van der Waals surface area contributed by atoms with Gasteiger partial charge < -0.3 is 20.5 Å². The van der Waals surface area contributed by atoms with Gasteiger partial charge in [-0.25, -0.2) is 0 Å². The van der Waals surface area contributed by atoms with Gasteiger partial charge in [0.2, 0.25) is 5.91 Å². The van der Waals surface area contributed by atoms with Gasteiger partial charge in [0.05, 0.1) is 18.4 Å². The summed E-state index contributed by atoms with van der Waals surface area (Å²) in [5.41, 5.74) is 1.29. The quantitative estimate of drug-likeness (QED) is 0.715. The number of carbonyl (C=O) groups is 2. The Hall–Kier alpha value is -2.99. The largest absolute Gasteiger partial charge is 0.504 e. The molecule has 0 heterocycles. The molecule has 0 radical (unpaired) electrons. The van der Waals surface area contributed by atoms with Crippen LogP contribution >= 0.6 is 11.6 Å². The van der Waals surface area contributed by atoms with Crippen LogP contribution in [0.1, 0.15) is 15.9 Å². The SMILES string of the molecule is CNC(=O)c1cc(Cl)ccc1NC(=O)/C=C/c1ccc(O)c(OC)c1. The molecule has 25 heavy (non-hydrogen) atoms. The lowest BCUT2D eigenvalue weighted by Gasteiger charge is -2.09. The van der Waals surface area contributed by atoms with Gasteiger partial charge in [-0.1, -0.05) is 17.7 Å². The topological polar surface area (TPSA) is 87.7 Å². The molecule has 0 aliphatic rings. The molecule has 0 unspecified atom stereocenters. The van der Waals surface area contributed by atoms with Crippen LogP contribution in [0.15, 0.2) is 42.5 Å². The Kier molecular flexibility index (Phi) is 6.03. The number of ether oxygens (including phenoxy) is 1. The smallest absolute Gasteiger partial charge is 0.253 e. The monoisotopic (exact) mass is 360 g/mol. The molecule has 0 aliphatic carbocycles. The zero-order valence-electron chi connectivity index (χ0n) is 13.7. The molecule has 0 bridgehead atoms. The van der Waals surface area contributed by atoms with Crippen molar-refractivity contribution in [3.05, 3.63) is 58.6 Å². The first-order valence-electron chi connectivity index (χ1n) is 7.32. The molecule has 2 aromatic carbocycles. The second-order valence-electron chi connectivity index (χ2n) is 5.02. The lowest BCUT2D eigenvalue weighted by atomic mass is 10.1. The summed E-state index contributed by atoms with van der Waals surface area (Å²) < 4.78 is 5.01. The van der Waals surface area contributed by atoms with E-state index in [1.54, 1.807) is 30.3 Å². The van der Waals surface area contributed by atoms with E-state index in [9.17, 15) is 14.7 Å². The van der Waals surface area contributed by atoms with Crippen LogP contribution in [0.5, 0.6) is 11.5 Å². The average molecular weight is 361 g/mol. The second kappa shape index (κ2) is 8.21. The Balaban J connectivity index is 2.16. The van der Waals surface area contributed by atoms with Crippen LogP contribution in [0.4, 0.5) is 5.69 Å². The van der Waals surface area contributed by atoms with Gasteiger partial charge in [-0.15, -0.1) is 0 Å². The van der Waals surface area contributed by atoms with Crippen molar-refractivity contribution in [1.82, 2.24) is 5.32 Å². The fraction of sp³-hybridized carbons (Fsp3) is 0.111. The number of hydrogen-bond acceptors (Lipinski definition) is 4. The highest BCUT2D eigenvalue weighted by molar-refractivity contribution is 6.31. The zero-order chi connectivity index (χ0) is 18.4. The molecule has 0 atom stereocenters. The maximum Gasteiger partial charge on any atom is 0.253 e. The van der Waals surface area contributed by atoms with Gasteiger partial charge in [0.15, 0.2) is 11.5 Å². The third-order valence-corrected chi connectivity index (χ3v) is 3.58. The third-order valence-electron chi connectivity index (χ3n) is 3.34. The Morgan fingerprint density at radius 3 is 2.64 bits per heavy atom. The number of phenolic OH excluding ortho intramolecular Hbond substituents is 1. The molecule has 0 aromatic heterocycles. The number of nitrogens with one attached hydrogen (secondary N) is 2. The van der Waals surface area contributed by atoms with Crippen molar-refractivity contribution in [2.45, 2.75) is 0 Å². The van der Waals surface area contributed by atoms with Gasteiger partial charge in [0, 0.05) is 18.1 Å². The molecule has 7 heteroatoms. The average Bonchev–Trinajstić information content (AvgIpc) is 2.61. The zero-order valence-corrected chi connectivity index (χ0v) is 14.4. The lowest BCUT2D eigenvalue weighted by molar-refractivity contribution is -0.111. The number of hydrogen-bond donors (Lipinski definition) is 3. The first kappa shape index (κ1) is 18.4. The number of phenols is 1. The summed E-state index contributed by atoms with van der Waals surface area (Å²) in [6, 6.07) is 9.32. The van der Waals surface area contributed by atoms with Crippen LogP contribution < -0.4 is 15.4 Å². The summed E-state index contributed by atoms with van der Waals surface area (Å²) in [4.78, 5) is 24.0. The van der Waals surface area contributed by atoms with E-state index < -0.39 is 5.91 Å². The van der Waals surface area contributed by atoms with Gasteiger partial charge >= 0.3 is 0 Å². The van der Waals surface area contributed by atoms with Gasteiger partial charge in [-0.3, -0.25) is 9.59 Å². The molecule has 2 rings (SSSR count). The lowest BCUT2D eigenvalue weighted by Crippen LogP contribution is -2.20. The molecule has 2 aromatic rings. The number of amides is 2. The summed E-state index contributed by atoms with van der Waals surface area (Å²) in [6.07, 6.45) is 2.88. The predicted octanol–water partition coefficient (Wildman–Crippen LogP) is 3.07. The number of methoxy groups -OCH3 is 1. The molecule has 0 saturated carbocycles. The summed E-state index contributed by atoms with van der Waals surface area (Å²) in [6.45, 7) is 0. The van der Waals surface area contributed by atoms with Crippen molar-refractivity contribution < 1.29 is 19.4 Å². The van der Waals surface area contributed by atoms with Crippen molar-refractivity contribution >= 4 is 35.2 Å². The number of anilines is 1. The third kappa shape index (κ3) is 4.74. The molecule has 0 saturated heterocycles. The molecule has 0 aliphatic heterocycles. The van der Waals surface area contributed by atoms with E-state index in [0.717, 1.165) is 0 Å². The minimum atomic E-state index is -0.417. The van der Waals surface area contributed by atoms with E-state index in [4.69, 9.17) is 16.3 Å². The van der Waals surface area contributed by atoms with Crippen LogP contribution in [0, 0.1) is 0 Å². The first-order chi connectivity index (χ1) is 11.9. The molecule has 3 N–H and O–H groups in total. The van der Waals surface area contributed by atoms with Gasteiger partial charge in [0.25, 0.3) is 5.91 Å². The number of rotatable bonds is 5. The molecule has 2 amide bonds.